The van der Waals surface area contributed by atoms with Gasteiger partial charge in [-0.3, -0.25) is 38.6 Å². The number of carbonyl (C=O) groups is 6. The van der Waals surface area contributed by atoms with Gasteiger partial charge in [0.05, 0.1) is 11.8 Å². The Hall–Kier alpha value is -7.58. The standard InChI is InChI=1S/2C29H26N2O4.C3H8O/c2*32-25(22-15-8-3-9-16-22)24-23(21-13-6-2-7-14-21)28-17-10-18-30(28)27(34)29(24,35)31(26(28)33)19-20-11-4-1-5-12-20;1-3(2)4/h2*1-9,11-16,23-24,35H,10,17-19H2;3-4H,1-2H3/t2*23-,24+,28+,29-;/m11./s1. The summed E-state index contributed by atoms with van der Waals surface area (Å²) in [5.41, 5.74) is -2.99. The highest BCUT2D eigenvalue weighted by molar-refractivity contribution is 6.13. The minimum absolute atomic E-state index is 0.0532. The lowest BCUT2D eigenvalue weighted by Gasteiger charge is -2.64. The van der Waals surface area contributed by atoms with Crippen LogP contribution in [-0.4, -0.2) is 112 Å². The molecule has 8 atom stereocenters. The van der Waals surface area contributed by atoms with Crippen molar-refractivity contribution >= 4 is 35.2 Å². The molecule has 6 aromatic carbocycles. The highest BCUT2D eigenvalue weighted by atomic mass is 16.3. The number of hydrogen-bond donors (Lipinski definition) is 3. The van der Waals surface area contributed by atoms with Crippen LogP contribution in [0.5, 0.6) is 0 Å². The monoisotopic (exact) mass is 992 g/mol. The Kier molecular flexibility index (Phi) is 13.3. The third kappa shape index (κ3) is 7.79. The van der Waals surface area contributed by atoms with E-state index in [-0.39, 0.29) is 42.6 Å². The number of amides is 4. The largest absolute Gasteiger partial charge is 0.394 e. The third-order valence-electron chi connectivity index (χ3n) is 15.9. The van der Waals surface area contributed by atoms with Gasteiger partial charge in [-0.1, -0.05) is 182 Å². The van der Waals surface area contributed by atoms with Gasteiger partial charge >= 0.3 is 0 Å². The Labute approximate surface area is 430 Å². The van der Waals surface area contributed by atoms with Crippen LogP contribution in [0.3, 0.4) is 0 Å². The van der Waals surface area contributed by atoms with Crippen LogP contribution in [-0.2, 0) is 32.3 Å². The molecule has 8 fully saturated rings. The lowest BCUT2D eigenvalue weighted by atomic mass is 9.57. The fourth-order valence-corrected chi connectivity index (χ4v) is 13.0. The SMILES string of the molecule is CC(C)O.O=C(c1ccccc1)[C@@H]1[C@@H](c2ccccc2)[C@]23CCCN2C(=O)[C@@]1(O)N(Cc1ccccc1)C3=O.O=C(c1ccccc1)[C@@H]1[C@@H](c2ccccc2)[C@]23CCCN2C(=O)[C@@]1(O)N(Cc1ccccc1)C3=O. The van der Waals surface area contributed by atoms with E-state index in [0.717, 1.165) is 22.3 Å². The fraction of sp³-hybridized carbons (Fsp3) is 0.311. The zero-order valence-electron chi connectivity index (χ0n) is 41.4. The number of benzene rings is 6. The molecule has 3 N–H and O–H groups in total. The molecule has 14 rings (SSSR count). The average molecular weight is 993 g/mol. The molecule has 8 saturated heterocycles. The summed E-state index contributed by atoms with van der Waals surface area (Å²) in [4.78, 5) is 90.5. The minimum atomic E-state index is -2.29. The first-order chi connectivity index (χ1) is 35.7. The number of ketones is 2. The summed E-state index contributed by atoms with van der Waals surface area (Å²) in [7, 11) is 0. The average Bonchev–Trinajstić information content (AvgIpc) is 4.17. The molecular formula is C61H60N4O9. The molecule has 8 heterocycles. The highest BCUT2D eigenvalue weighted by Crippen LogP contribution is 2.62. The van der Waals surface area contributed by atoms with Crippen molar-refractivity contribution in [3.05, 3.63) is 215 Å². The van der Waals surface area contributed by atoms with Gasteiger partial charge in [-0.25, -0.2) is 0 Å². The lowest BCUT2D eigenvalue weighted by molar-refractivity contribution is -0.239. The summed E-state index contributed by atoms with van der Waals surface area (Å²) in [6.07, 6.45) is 2.03. The van der Waals surface area contributed by atoms with Gasteiger partial charge in [0, 0.05) is 55.2 Å². The van der Waals surface area contributed by atoms with Crippen LogP contribution >= 0.6 is 0 Å². The van der Waals surface area contributed by atoms with Crippen LogP contribution in [0.2, 0.25) is 0 Å². The number of aliphatic hydroxyl groups excluding tert-OH is 1. The minimum Gasteiger partial charge on any atom is -0.394 e. The fourth-order valence-electron chi connectivity index (χ4n) is 13.0. The second-order valence-corrected chi connectivity index (χ2v) is 20.5. The van der Waals surface area contributed by atoms with Crippen molar-refractivity contribution in [3.8, 4) is 0 Å². The van der Waals surface area contributed by atoms with Crippen molar-refractivity contribution in [1.82, 2.24) is 19.6 Å². The Balaban J connectivity index is 0.000000158. The summed E-state index contributed by atoms with van der Waals surface area (Å²) in [5.74, 6) is -5.88. The first-order valence-electron chi connectivity index (χ1n) is 25.5. The van der Waals surface area contributed by atoms with E-state index in [1.54, 1.807) is 72.2 Å². The highest BCUT2D eigenvalue weighted by Gasteiger charge is 2.79. The molecule has 0 saturated carbocycles. The Morgan fingerprint density at radius 3 is 1.07 bits per heavy atom. The predicted molar refractivity (Wildman–Crippen MR) is 275 cm³/mol. The second kappa shape index (κ2) is 19.7. The molecule has 0 radical (unpaired) electrons. The van der Waals surface area contributed by atoms with E-state index >= 15 is 0 Å². The maximum absolute atomic E-state index is 14.3. The molecule has 13 heteroatoms. The Morgan fingerprint density at radius 2 is 0.757 bits per heavy atom. The number of nitrogens with zero attached hydrogens (tertiary/aromatic N) is 4. The zero-order chi connectivity index (χ0) is 52.0. The number of piperidine rings is 4. The molecule has 4 amide bonds. The molecule has 0 unspecified atom stereocenters. The van der Waals surface area contributed by atoms with Crippen molar-refractivity contribution in [2.45, 2.75) is 93.1 Å². The van der Waals surface area contributed by atoms with Crippen LogP contribution in [0.4, 0.5) is 0 Å². The number of hydrogen-bond acceptors (Lipinski definition) is 9. The molecule has 0 aliphatic carbocycles. The maximum Gasteiger partial charge on any atom is 0.277 e. The molecule has 6 aromatic rings. The van der Waals surface area contributed by atoms with Gasteiger partial charge in [0.1, 0.15) is 11.1 Å². The molecule has 8 aliphatic heterocycles. The van der Waals surface area contributed by atoms with E-state index < -0.39 is 58.0 Å². The first-order valence-corrected chi connectivity index (χ1v) is 25.5. The third-order valence-corrected chi connectivity index (χ3v) is 15.9. The van der Waals surface area contributed by atoms with Crippen molar-refractivity contribution < 1.29 is 44.1 Å². The van der Waals surface area contributed by atoms with Gasteiger partial charge in [-0.15, -0.1) is 0 Å². The number of rotatable bonds is 10. The number of Topliss-reactive ketones (excluding diaryl/α,β-unsaturated/α-hetero) is 2. The molecule has 4 bridgehead atoms. The second-order valence-electron chi connectivity index (χ2n) is 20.5. The molecule has 13 nitrogen and oxygen atoms in total. The summed E-state index contributed by atoms with van der Waals surface area (Å²) < 4.78 is 0. The quantitative estimate of drug-likeness (QED) is 0.121. The lowest BCUT2D eigenvalue weighted by Crippen LogP contribution is -2.85. The number of fused-ring (bicyclic) bond motifs is 4. The van der Waals surface area contributed by atoms with Crippen molar-refractivity contribution in [1.29, 1.82) is 0 Å². The number of aliphatic hydroxyl groups is 3. The summed E-state index contributed by atoms with van der Waals surface area (Å²) in [5, 5.41) is 32.7. The molecule has 74 heavy (non-hydrogen) atoms. The smallest absolute Gasteiger partial charge is 0.277 e. The van der Waals surface area contributed by atoms with E-state index in [4.69, 9.17) is 5.11 Å². The topological polar surface area (TPSA) is 176 Å². The summed E-state index contributed by atoms with van der Waals surface area (Å²) >= 11 is 0. The normalized spacial score (nSPS) is 28.3. The van der Waals surface area contributed by atoms with Crippen molar-refractivity contribution in [2.24, 2.45) is 11.8 Å². The van der Waals surface area contributed by atoms with Gasteiger partial charge in [0.15, 0.2) is 11.6 Å². The van der Waals surface area contributed by atoms with Crippen LogP contribution in [0.1, 0.15) is 94.3 Å². The van der Waals surface area contributed by atoms with Crippen LogP contribution in [0.25, 0.3) is 0 Å². The first kappa shape index (κ1) is 50.0. The summed E-state index contributed by atoms with van der Waals surface area (Å²) in [6.45, 7) is 4.33. The van der Waals surface area contributed by atoms with E-state index in [1.165, 1.54) is 9.80 Å². The zero-order valence-corrected chi connectivity index (χ0v) is 41.4. The van der Waals surface area contributed by atoms with Crippen molar-refractivity contribution in [2.75, 3.05) is 13.1 Å². The Bertz CT molecular complexity index is 2850. The Morgan fingerprint density at radius 1 is 0.473 bits per heavy atom. The van der Waals surface area contributed by atoms with Gasteiger partial charge in [-0.05, 0) is 61.8 Å². The van der Waals surface area contributed by atoms with Gasteiger partial charge < -0.3 is 25.1 Å². The number of piperazine rings is 2. The number of carbonyl (C=O) groups excluding carboxylic acids is 6. The summed E-state index contributed by atoms with van der Waals surface area (Å²) in [6, 6.07) is 54.9. The molecule has 378 valence electrons. The van der Waals surface area contributed by atoms with Crippen molar-refractivity contribution in [3.63, 3.8) is 0 Å². The van der Waals surface area contributed by atoms with Gasteiger partial charge in [-0.2, -0.15) is 0 Å². The maximum atomic E-state index is 14.3. The van der Waals surface area contributed by atoms with E-state index in [9.17, 15) is 39.0 Å². The molecule has 0 aromatic heterocycles. The van der Waals surface area contributed by atoms with E-state index in [1.807, 2.05) is 133 Å². The predicted octanol–water partition coefficient (Wildman–Crippen LogP) is 7.14. The van der Waals surface area contributed by atoms with Crippen LogP contribution < -0.4 is 0 Å². The van der Waals surface area contributed by atoms with E-state index in [2.05, 4.69) is 0 Å². The molecule has 8 aliphatic rings. The van der Waals surface area contributed by atoms with Crippen LogP contribution in [0.15, 0.2) is 182 Å². The van der Waals surface area contributed by atoms with E-state index in [0.29, 0.717) is 49.9 Å². The van der Waals surface area contributed by atoms with Gasteiger partial charge in [0.25, 0.3) is 23.6 Å². The van der Waals surface area contributed by atoms with Gasteiger partial charge in [0.2, 0.25) is 11.4 Å². The molecule has 2 spiro atoms. The van der Waals surface area contributed by atoms with Crippen LogP contribution in [0, 0.1) is 11.8 Å². The molecular weight excluding hydrogens is 933 g/mol.